The fourth-order valence-corrected chi connectivity index (χ4v) is 2.66. The number of amides is 2. The van der Waals surface area contributed by atoms with Crippen LogP contribution < -0.4 is 5.32 Å². The van der Waals surface area contributed by atoms with Crippen LogP contribution in [0.5, 0.6) is 0 Å². The van der Waals surface area contributed by atoms with Gasteiger partial charge in [0.2, 0.25) is 11.8 Å². The lowest BCUT2D eigenvalue weighted by Crippen LogP contribution is -2.64. The van der Waals surface area contributed by atoms with Crippen LogP contribution in [0.1, 0.15) is 40.0 Å². The second-order valence-corrected chi connectivity index (χ2v) is 5.60. The van der Waals surface area contributed by atoms with Gasteiger partial charge in [-0.3, -0.25) is 9.59 Å². The Morgan fingerprint density at radius 2 is 2.00 bits per heavy atom. The lowest BCUT2D eigenvalue weighted by Gasteiger charge is -2.39. The first kappa shape index (κ1) is 12.4. The van der Waals surface area contributed by atoms with Crippen molar-refractivity contribution in [2.75, 3.05) is 6.54 Å². The van der Waals surface area contributed by atoms with Crippen molar-refractivity contribution in [3.63, 3.8) is 0 Å². The molecule has 0 spiro atoms. The molecule has 0 aromatic carbocycles. The van der Waals surface area contributed by atoms with Gasteiger partial charge in [-0.15, -0.1) is 0 Å². The molecule has 0 aromatic rings. The minimum atomic E-state index is -0.308. The van der Waals surface area contributed by atoms with Crippen LogP contribution in [0, 0.1) is 11.8 Å². The first-order chi connectivity index (χ1) is 8.04. The molecule has 1 saturated carbocycles. The number of hydrogen-bond donors (Lipinski definition) is 1. The molecule has 1 saturated heterocycles. The Balaban J connectivity index is 2.12. The summed E-state index contributed by atoms with van der Waals surface area (Å²) < 4.78 is 0. The number of carbonyl (C=O) groups excluding carboxylic acids is 2. The maximum Gasteiger partial charge on any atom is 0.245 e. The molecule has 1 aliphatic carbocycles. The van der Waals surface area contributed by atoms with Crippen molar-refractivity contribution in [3.05, 3.63) is 0 Å². The van der Waals surface area contributed by atoms with Crippen LogP contribution in [0.3, 0.4) is 0 Å². The van der Waals surface area contributed by atoms with E-state index in [2.05, 4.69) is 19.2 Å². The molecule has 1 heterocycles. The monoisotopic (exact) mass is 238 g/mol. The van der Waals surface area contributed by atoms with Crippen molar-refractivity contribution in [3.8, 4) is 0 Å². The van der Waals surface area contributed by atoms with Crippen molar-refractivity contribution in [1.29, 1.82) is 0 Å². The van der Waals surface area contributed by atoms with Gasteiger partial charge in [0.05, 0.1) is 0 Å². The molecule has 2 rings (SSSR count). The molecule has 0 bridgehead atoms. The molecule has 2 atom stereocenters. The summed E-state index contributed by atoms with van der Waals surface area (Å²) >= 11 is 0. The van der Waals surface area contributed by atoms with Gasteiger partial charge in [0.15, 0.2) is 0 Å². The number of piperazine rings is 1. The highest BCUT2D eigenvalue weighted by atomic mass is 16.2. The second-order valence-electron chi connectivity index (χ2n) is 5.60. The Labute approximate surface area is 103 Å². The highest BCUT2D eigenvalue weighted by Gasteiger charge is 2.47. The Morgan fingerprint density at radius 1 is 1.35 bits per heavy atom. The third-order valence-corrected chi connectivity index (χ3v) is 3.62. The zero-order valence-corrected chi connectivity index (χ0v) is 10.9. The van der Waals surface area contributed by atoms with E-state index in [1.54, 1.807) is 4.90 Å². The third kappa shape index (κ3) is 2.45. The van der Waals surface area contributed by atoms with Crippen molar-refractivity contribution in [1.82, 2.24) is 10.2 Å². The zero-order valence-electron chi connectivity index (χ0n) is 10.9. The molecule has 2 amide bonds. The number of hydrogen-bond acceptors (Lipinski definition) is 2. The van der Waals surface area contributed by atoms with Crippen LogP contribution >= 0.6 is 0 Å². The third-order valence-electron chi connectivity index (χ3n) is 3.62. The maximum absolute atomic E-state index is 12.3. The second kappa shape index (κ2) is 4.67. The summed E-state index contributed by atoms with van der Waals surface area (Å²) in [7, 11) is 0. The lowest BCUT2D eigenvalue weighted by atomic mass is 9.97. The van der Waals surface area contributed by atoms with E-state index in [4.69, 9.17) is 0 Å². The number of nitrogens with zero attached hydrogens (tertiary/aromatic N) is 1. The van der Waals surface area contributed by atoms with Crippen LogP contribution in [0.25, 0.3) is 0 Å². The minimum Gasteiger partial charge on any atom is -0.342 e. The highest BCUT2D eigenvalue weighted by molar-refractivity contribution is 5.97. The van der Waals surface area contributed by atoms with E-state index in [-0.39, 0.29) is 23.9 Å². The van der Waals surface area contributed by atoms with E-state index in [9.17, 15) is 9.59 Å². The Bertz CT molecular complexity index is 323. The topological polar surface area (TPSA) is 49.4 Å². The molecule has 17 heavy (non-hydrogen) atoms. The van der Waals surface area contributed by atoms with Crippen molar-refractivity contribution in [2.24, 2.45) is 11.8 Å². The van der Waals surface area contributed by atoms with Gasteiger partial charge in [-0.25, -0.2) is 0 Å². The quantitative estimate of drug-likeness (QED) is 0.799. The summed E-state index contributed by atoms with van der Waals surface area (Å²) in [6.07, 6.45) is 2.89. The molecule has 1 aliphatic heterocycles. The van der Waals surface area contributed by atoms with E-state index in [1.807, 2.05) is 6.92 Å². The van der Waals surface area contributed by atoms with Gasteiger partial charge >= 0.3 is 0 Å². The summed E-state index contributed by atoms with van der Waals surface area (Å²) in [5.41, 5.74) is 0. The molecule has 2 aliphatic rings. The number of likely N-dealkylation sites (N-methyl/N-ethyl adjacent to an activating group) is 1. The van der Waals surface area contributed by atoms with Crippen molar-refractivity contribution >= 4 is 11.8 Å². The summed E-state index contributed by atoms with van der Waals surface area (Å²) in [6, 6.07) is -0.506. The summed E-state index contributed by atoms with van der Waals surface area (Å²) in [4.78, 5) is 26.2. The Hall–Kier alpha value is -1.06. The lowest BCUT2D eigenvalue weighted by molar-refractivity contribution is -0.150. The molecule has 0 aromatic heterocycles. The molecular weight excluding hydrogens is 216 g/mol. The van der Waals surface area contributed by atoms with Crippen LogP contribution in [0.4, 0.5) is 0 Å². The molecule has 1 N–H and O–H groups in total. The van der Waals surface area contributed by atoms with Gasteiger partial charge in [-0.05, 0) is 38.0 Å². The van der Waals surface area contributed by atoms with E-state index in [0.29, 0.717) is 18.4 Å². The summed E-state index contributed by atoms with van der Waals surface area (Å²) in [5.74, 6) is 0.983. The Morgan fingerprint density at radius 3 is 2.47 bits per heavy atom. The predicted octanol–water partition coefficient (Wildman–Crippen LogP) is 1.16. The van der Waals surface area contributed by atoms with E-state index >= 15 is 0 Å². The van der Waals surface area contributed by atoms with Gasteiger partial charge in [0, 0.05) is 6.54 Å². The average molecular weight is 238 g/mol. The summed E-state index contributed by atoms with van der Waals surface area (Å²) in [6.45, 7) is 6.74. The van der Waals surface area contributed by atoms with Crippen LogP contribution in [0.2, 0.25) is 0 Å². The fraction of sp³-hybridized carbons (Fsp3) is 0.846. The fourth-order valence-electron chi connectivity index (χ4n) is 2.66. The van der Waals surface area contributed by atoms with E-state index in [0.717, 1.165) is 19.3 Å². The van der Waals surface area contributed by atoms with Gasteiger partial charge in [-0.2, -0.15) is 0 Å². The Kier molecular flexibility index (Phi) is 3.40. The molecule has 2 unspecified atom stereocenters. The predicted molar refractivity (Wildman–Crippen MR) is 65.3 cm³/mol. The van der Waals surface area contributed by atoms with Gasteiger partial charge in [0.1, 0.15) is 12.1 Å². The summed E-state index contributed by atoms with van der Waals surface area (Å²) in [5, 5.41) is 2.90. The maximum atomic E-state index is 12.3. The number of nitrogens with one attached hydrogen (secondary N) is 1. The smallest absolute Gasteiger partial charge is 0.245 e. The van der Waals surface area contributed by atoms with E-state index < -0.39 is 0 Å². The number of carbonyl (C=O) groups is 2. The van der Waals surface area contributed by atoms with Crippen LogP contribution in [-0.2, 0) is 9.59 Å². The molecule has 4 heteroatoms. The minimum absolute atomic E-state index is 0.0552. The molecule has 4 nitrogen and oxygen atoms in total. The normalized spacial score (nSPS) is 29.8. The average Bonchev–Trinajstić information content (AvgIpc) is 3.05. The molecule has 2 fully saturated rings. The van der Waals surface area contributed by atoms with Crippen LogP contribution in [0.15, 0.2) is 0 Å². The SMILES string of the molecule is CCN1C(=O)C(CC(C)C)NC(=O)C1C1CC1. The van der Waals surface area contributed by atoms with Crippen LogP contribution in [-0.4, -0.2) is 35.3 Å². The van der Waals surface area contributed by atoms with E-state index in [1.165, 1.54) is 0 Å². The molecular formula is C13H22N2O2. The van der Waals surface area contributed by atoms with Gasteiger partial charge < -0.3 is 10.2 Å². The number of rotatable bonds is 4. The first-order valence-electron chi connectivity index (χ1n) is 6.65. The van der Waals surface area contributed by atoms with Gasteiger partial charge in [0.25, 0.3) is 0 Å². The molecule has 96 valence electrons. The standard InChI is InChI=1S/C13H22N2O2/c1-4-15-11(9-5-6-9)12(16)14-10(13(15)17)7-8(2)3/h8-11H,4-7H2,1-3H3,(H,14,16). The largest absolute Gasteiger partial charge is 0.342 e. The first-order valence-corrected chi connectivity index (χ1v) is 6.65. The highest BCUT2D eigenvalue weighted by Crippen LogP contribution is 2.37. The van der Waals surface area contributed by atoms with Gasteiger partial charge in [-0.1, -0.05) is 13.8 Å². The zero-order chi connectivity index (χ0) is 12.6. The molecule has 0 radical (unpaired) electrons. The van der Waals surface area contributed by atoms with Crippen molar-refractivity contribution < 1.29 is 9.59 Å². The van der Waals surface area contributed by atoms with Crippen molar-refractivity contribution in [2.45, 2.75) is 52.1 Å².